The Bertz CT molecular complexity index is 778. The molecule has 0 radical (unpaired) electrons. The zero-order valence-electron chi connectivity index (χ0n) is 15.6. The molecule has 0 unspecified atom stereocenters. The molecule has 0 saturated carbocycles. The van der Waals surface area contributed by atoms with Crippen molar-refractivity contribution in [2.45, 2.75) is 43.5 Å². The van der Waals surface area contributed by atoms with Crippen LogP contribution in [-0.2, 0) is 12.2 Å². The molecule has 2 aliphatic heterocycles. The Labute approximate surface area is 165 Å². The van der Waals surface area contributed by atoms with E-state index in [0.717, 1.165) is 79.5 Å². The molecule has 6 heteroatoms. The van der Waals surface area contributed by atoms with Crippen LogP contribution in [0.5, 0.6) is 5.75 Å². The van der Waals surface area contributed by atoms with Gasteiger partial charge in [0.25, 0.3) is 0 Å². The summed E-state index contributed by atoms with van der Waals surface area (Å²) in [4.78, 5) is 9.33. The normalized spacial score (nSPS) is 18.1. The number of fused-ring (bicyclic) bond motifs is 1. The summed E-state index contributed by atoms with van der Waals surface area (Å²) >= 11 is 1.80. The van der Waals surface area contributed by atoms with Crippen molar-refractivity contribution in [1.29, 1.82) is 0 Å². The van der Waals surface area contributed by atoms with Gasteiger partial charge in [-0.05, 0) is 63.1 Å². The lowest BCUT2D eigenvalue weighted by Gasteiger charge is -2.42. The van der Waals surface area contributed by atoms with Crippen molar-refractivity contribution < 1.29 is 9.84 Å². The smallest absolute Gasteiger partial charge is 0.159 e. The molecule has 27 heavy (non-hydrogen) atoms. The fraction of sp³-hybridized carbons (Fsp3) is 0.524. The molecular formula is C21H27N3O2S. The van der Waals surface area contributed by atoms with E-state index in [1.807, 2.05) is 12.3 Å². The predicted octanol–water partition coefficient (Wildman–Crippen LogP) is 3.21. The Morgan fingerprint density at radius 3 is 2.93 bits per heavy atom. The fourth-order valence-electron chi connectivity index (χ4n) is 3.95. The molecule has 0 amide bonds. The third kappa shape index (κ3) is 4.28. The van der Waals surface area contributed by atoms with Gasteiger partial charge < -0.3 is 15.2 Å². The molecule has 2 aromatic rings. The van der Waals surface area contributed by atoms with E-state index < -0.39 is 0 Å². The maximum atomic E-state index is 8.91. The minimum Gasteiger partial charge on any atom is -0.487 e. The lowest BCUT2D eigenvalue weighted by atomic mass is 9.82. The maximum Gasteiger partial charge on any atom is 0.159 e. The van der Waals surface area contributed by atoms with E-state index in [4.69, 9.17) is 14.8 Å². The van der Waals surface area contributed by atoms with Gasteiger partial charge in [0.2, 0.25) is 0 Å². The van der Waals surface area contributed by atoms with Crippen molar-refractivity contribution in [1.82, 2.24) is 15.3 Å². The second-order valence-electron chi connectivity index (χ2n) is 7.32. The van der Waals surface area contributed by atoms with Crippen LogP contribution < -0.4 is 10.1 Å². The first-order chi connectivity index (χ1) is 13.3. The third-order valence-corrected chi connectivity index (χ3v) is 6.53. The summed E-state index contributed by atoms with van der Waals surface area (Å²) in [6.07, 6.45) is 6.91. The Morgan fingerprint density at radius 2 is 2.07 bits per heavy atom. The van der Waals surface area contributed by atoms with Crippen LogP contribution >= 0.6 is 11.8 Å². The number of nitrogens with one attached hydrogen (secondary N) is 1. The number of aromatic nitrogens is 2. The van der Waals surface area contributed by atoms with Gasteiger partial charge in [0, 0.05) is 29.7 Å². The minimum absolute atomic E-state index is 0.00290. The van der Waals surface area contributed by atoms with Crippen LogP contribution in [0.4, 0.5) is 0 Å². The van der Waals surface area contributed by atoms with Gasteiger partial charge in [-0.2, -0.15) is 11.8 Å². The molecule has 4 rings (SSSR count). The molecule has 2 N–H and O–H groups in total. The first-order valence-corrected chi connectivity index (χ1v) is 11.0. The van der Waals surface area contributed by atoms with E-state index in [0.29, 0.717) is 0 Å². The first kappa shape index (κ1) is 18.7. The molecule has 0 bridgehead atoms. The molecule has 144 valence electrons. The highest BCUT2D eigenvalue weighted by molar-refractivity contribution is 7.98. The Hall–Kier alpha value is -1.63. The molecule has 3 heterocycles. The quantitative estimate of drug-likeness (QED) is 0.745. The van der Waals surface area contributed by atoms with E-state index in [1.165, 1.54) is 5.56 Å². The number of piperidine rings is 1. The van der Waals surface area contributed by atoms with E-state index in [1.54, 1.807) is 11.8 Å². The molecule has 1 spiro atoms. The number of hydrogen-bond acceptors (Lipinski definition) is 6. The summed E-state index contributed by atoms with van der Waals surface area (Å²) in [5.74, 6) is 3.59. The largest absolute Gasteiger partial charge is 0.487 e. The van der Waals surface area contributed by atoms with E-state index in [-0.39, 0.29) is 12.2 Å². The van der Waals surface area contributed by atoms with Crippen LogP contribution in [0, 0.1) is 0 Å². The number of benzene rings is 1. The summed E-state index contributed by atoms with van der Waals surface area (Å²) in [6.45, 7) is 2.32. The van der Waals surface area contributed by atoms with Gasteiger partial charge >= 0.3 is 0 Å². The van der Waals surface area contributed by atoms with Crippen LogP contribution in [0.25, 0.3) is 11.4 Å². The van der Waals surface area contributed by atoms with Crippen molar-refractivity contribution in [3.8, 4) is 17.1 Å². The number of aliphatic hydroxyl groups excluding tert-OH is 1. The van der Waals surface area contributed by atoms with Crippen molar-refractivity contribution in [2.75, 3.05) is 25.4 Å². The van der Waals surface area contributed by atoms with Crippen LogP contribution in [-0.4, -0.2) is 46.1 Å². The third-order valence-electron chi connectivity index (χ3n) is 5.46. The summed E-state index contributed by atoms with van der Waals surface area (Å²) in [5.41, 5.74) is 3.38. The Balaban J connectivity index is 1.54. The minimum atomic E-state index is 0.00290. The number of hydrogen-bond donors (Lipinski definition) is 2. The fourth-order valence-corrected chi connectivity index (χ4v) is 4.80. The SMILES string of the molecule is OCCCSCc1ccnc(-c2cccc3c2CCC2(CCNCC2)O3)n1. The molecule has 1 fully saturated rings. The number of thioether (sulfide) groups is 1. The van der Waals surface area contributed by atoms with Crippen molar-refractivity contribution in [3.63, 3.8) is 0 Å². The Kier molecular flexibility index (Phi) is 5.95. The summed E-state index contributed by atoms with van der Waals surface area (Å²) in [7, 11) is 0. The summed E-state index contributed by atoms with van der Waals surface area (Å²) < 4.78 is 6.52. The van der Waals surface area contributed by atoms with Crippen LogP contribution in [0.2, 0.25) is 0 Å². The molecule has 0 atom stereocenters. The highest BCUT2D eigenvalue weighted by Crippen LogP contribution is 2.41. The van der Waals surface area contributed by atoms with E-state index in [9.17, 15) is 0 Å². The lowest BCUT2D eigenvalue weighted by molar-refractivity contribution is 0.0171. The molecular weight excluding hydrogens is 358 g/mol. The van der Waals surface area contributed by atoms with Gasteiger partial charge in [0.1, 0.15) is 11.4 Å². The van der Waals surface area contributed by atoms with Crippen LogP contribution in [0.3, 0.4) is 0 Å². The Morgan fingerprint density at radius 1 is 1.19 bits per heavy atom. The molecule has 2 aliphatic rings. The highest BCUT2D eigenvalue weighted by Gasteiger charge is 2.38. The monoisotopic (exact) mass is 385 g/mol. The molecule has 0 aliphatic carbocycles. The topological polar surface area (TPSA) is 67.3 Å². The average Bonchev–Trinajstić information content (AvgIpc) is 2.71. The number of ether oxygens (including phenoxy) is 1. The van der Waals surface area contributed by atoms with Gasteiger partial charge in [-0.25, -0.2) is 9.97 Å². The van der Waals surface area contributed by atoms with Gasteiger partial charge in [0.05, 0.1) is 5.69 Å². The number of nitrogens with zero attached hydrogens (tertiary/aromatic N) is 2. The molecule has 1 aromatic heterocycles. The average molecular weight is 386 g/mol. The maximum absolute atomic E-state index is 8.91. The van der Waals surface area contributed by atoms with Gasteiger partial charge in [-0.15, -0.1) is 0 Å². The standard InChI is InChI=1S/C21H27N3O2S/c25-13-2-14-27-15-16-6-10-23-20(24-16)18-3-1-4-19-17(18)5-7-21(26-19)8-11-22-12-9-21/h1,3-4,6,10,22,25H,2,5,7-9,11-15H2. The van der Waals surface area contributed by atoms with Crippen LogP contribution in [0.1, 0.15) is 36.9 Å². The van der Waals surface area contributed by atoms with Crippen LogP contribution in [0.15, 0.2) is 30.5 Å². The van der Waals surface area contributed by atoms with Gasteiger partial charge in [0.15, 0.2) is 5.82 Å². The molecule has 1 aromatic carbocycles. The lowest BCUT2D eigenvalue weighted by Crippen LogP contribution is -2.48. The molecule has 5 nitrogen and oxygen atoms in total. The predicted molar refractivity (Wildman–Crippen MR) is 109 cm³/mol. The van der Waals surface area contributed by atoms with Gasteiger partial charge in [-0.1, -0.05) is 12.1 Å². The second-order valence-corrected chi connectivity index (χ2v) is 8.42. The summed E-state index contributed by atoms with van der Waals surface area (Å²) in [6, 6.07) is 8.24. The highest BCUT2D eigenvalue weighted by atomic mass is 32.2. The second kappa shape index (κ2) is 8.59. The van der Waals surface area contributed by atoms with Crippen molar-refractivity contribution in [2.24, 2.45) is 0 Å². The number of rotatable bonds is 6. The van der Waals surface area contributed by atoms with E-state index in [2.05, 4.69) is 28.5 Å². The van der Waals surface area contributed by atoms with Gasteiger partial charge in [-0.3, -0.25) is 0 Å². The zero-order valence-corrected chi connectivity index (χ0v) is 16.4. The molecule has 1 saturated heterocycles. The van der Waals surface area contributed by atoms with Crippen molar-refractivity contribution in [3.05, 3.63) is 41.7 Å². The first-order valence-electron chi connectivity index (χ1n) is 9.82. The van der Waals surface area contributed by atoms with E-state index >= 15 is 0 Å². The number of aliphatic hydroxyl groups is 1. The summed E-state index contributed by atoms with van der Waals surface area (Å²) in [5, 5.41) is 12.3. The van der Waals surface area contributed by atoms with Crippen molar-refractivity contribution >= 4 is 11.8 Å². The zero-order chi connectivity index (χ0) is 18.5.